The highest BCUT2D eigenvalue weighted by Crippen LogP contribution is 2.24. The summed E-state index contributed by atoms with van der Waals surface area (Å²) in [4.78, 5) is 13.1. The van der Waals surface area contributed by atoms with Gasteiger partial charge in [-0.15, -0.1) is 11.3 Å². The Hall–Kier alpha value is -1.43. The molecule has 0 aliphatic carbocycles. The fourth-order valence-electron chi connectivity index (χ4n) is 3.46. The molecule has 1 aliphatic heterocycles. The number of benzene rings is 1. The van der Waals surface area contributed by atoms with Crippen molar-refractivity contribution in [3.05, 3.63) is 47.0 Å². The highest BCUT2D eigenvalue weighted by atomic mass is 32.1. The molecule has 2 heterocycles. The Balaban J connectivity index is 1.49. The van der Waals surface area contributed by atoms with Crippen LogP contribution in [0.5, 0.6) is 0 Å². The third-order valence-electron chi connectivity index (χ3n) is 5.00. The van der Waals surface area contributed by atoms with Crippen molar-refractivity contribution < 1.29 is 0 Å². The van der Waals surface area contributed by atoms with Crippen LogP contribution in [0, 0.1) is 0 Å². The topological polar surface area (TPSA) is 22.6 Å². The van der Waals surface area contributed by atoms with Gasteiger partial charge in [0.15, 0.2) is 5.13 Å². The molecule has 1 aromatic heterocycles. The number of likely N-dealkylation sites (tertiary alicyclic amines) is 1. The van der Waals surface area contributed by atoms with E-state index in [2.05, 4.69) is 71.2 Å². The zero-order valence-electron chi connectivity index (χ0n) is 15.7. The normalized spacial score (nSPS) is 18.6. The van der Waals surface area contributed by atoms with Gasteiger partial charge in [-0.3, -0.25) is 4.90 Å². The van der Waals surface area contributed by atoms with Crippen LogP contribution in [0.2, 0.25) is 0 Å². The number of aromatic nitrogens is 1. The summed E-state index contributed by atoms with van der Waals surface area (Å²) in [5, 5.41) is 1.10. The molecule has 0 bridgehead atoms. The van der Waals surface area contributed by atoms with Gasteiger partial charge in [0.2, 0.25) is 0 Å². The fourth-order valence-corrected chi connectivity index (χ4v) is 4.34. The predicted molar refractivity (Wildman–Crippen MR) is 108 cm³/mol. The van der Waals surface area contributed by atoms with Crippen LogP contribution < -0.4 is 4.90 Å². The van der Waals surface area contributed by atoms with Crippen LogP contribution in [-0.4, -0.2) is 61.6 Å². The number of hydrogen-bond donors (Lipinski definition) is 0. The van der Waals surface area contributed by atoms with Crippen LogP contribution in [0.4, 0.5) is 5.13 Å². The molecule has 0 spiro atoms. The van der Waals surface area contributed by atoms with Crippen LogP contribution >= 0.6 is 11.3 Å². The molecule has 25 heavy (non-hydrogen) atoms. The van der Waals surface area contributed by atoms with E-state index in [0.717, 1.165) is 24.6 Å². The number of nitrogens with zero attached hydrogens (tertiary/aromatic N) is 4. The van der Waals surface area contributed by atoms with Crippen molar-refractivity contribution in [3.8, 4) is 0 Å². The highest BCUT2D eigenvalue weighted by molar-refractivity contribution is 7.15. The molecule has 1 aliphatic rings. The smallest absolute Gasteiger partial charge is 0.185 e. The molecule has 1 unspecified atom stereocenters. The molecule has 136 valence electrons. The number of anilines is 1. The Kier molecular flexibility index (Phi) is 6.45. The van der Waals surface area contributed by atoms with E-state index >= 15 is 0 Å². The molecule has 3 rings (SSSR count). The Bertz CT molecular complexity index is 640. The Labute approximate surface area is 156 Å². The largest absolute Gasteiger partial charge is 0.354 e. The van der Waals surface area contributed by atoms with Gasteiger partial charge in [0, 0.05) is 50.8 Å². The fraction of sp³-hybridized carbons (Fsp3) is 0.550. The average Bonchev–Trinajstić information content (AvgIpc) is 3.09. The lowest BCUT2D eigenvalue weighted by atomic mass is 10.0. The molecular formula is C20H30N4S. The van der Waals surface area contributed by atoms with Gasteiger partial charge < -0.3 is 9.80 Å². The number of hydrogen-bond acceptors (Lipinski definition) is 5. The summed E-state index contributed by atoms with van der Waals surface area (Å²) in [6, 6.07) is 11.5. The van der Waals surface area contributed by atoms with Gasteiger partial charge in [-0.05, 0) is 38.4 Å². The summed E-state index contributed by atoms with van der Waals surface area (Å²) < 4.78 is 0. The first kappa shape index (κ1) is 18.4. The van der Waals surface area contributed by atoms with E-state index in [0.29, 0.717) is 6.04 Å². The molecule has 1 aromatic carbocycles. The minimum atomic E-state index is 0.665. The van der Waals surface area contributed by atoms with E-state index in [1.165, 1.54) is 36.4 Å². The summed E-state index contributed by atoms with van der Waals surface area (Å²) in [5.41, 5.74) is 1.43. The van der Waals surface area contributed by atoms with Crippen molar-refractivity contribution in [2.45, 2.75) is 31.8 Å². The standard InChI is InChI=1S/C20H30N4S/c1-22(2)20-21-14-19(25-20)16-24-12-7-10-18(15-24)23(3)13-11-17-8-5-4-6-9-17/h4-6,8-9,14,18H,7,10-13,15-16H2,1-3H3. The zero-order valence-corrected chi connectivity index (χ0v) is 16.5. The van der Waals surface area contributed by atoms with Gasteiger partial charge >= 0.3 is 0 Å². The van der Waals surface area contributed by atoms with E-state index in [4.69, 9.17) is 0 Å². The molecule has 0 saturated carbocycles. The molecule has 1 saturated heterocycles. The Morgan fingerprint density at radius 1 is 1.20 bits per heavy atom. The van der Waals surface area contributed by atoms with E-state index in [1.807, 2.05) is 17.5 Å². The van der Waals surface area contributed by atoms with E-state index in [1.54, 1.807) is 0 Å². The predicted octanol–water partition coefficient (Wildman–Crippen LogP) is 3.35. The van der Waals surface area contributed by atoms with E-state index < -0.39 is 0 Å². The third kappa shape index (κ3) is 5.27. The van der Waals surface area contributed by atoms with Crippen LogP contribution in [0.15, 0.2) is 36.5 Å². The highest BCUT2D eigenvalue weighted by Gasteiger charge is 2.23. The van der Waals surface area contributed by atoms with Crippen molar-refractivity contribution in [2.24, 2.45) is 0 Å². The maximum absolute atomic E-state index is 4.51. The molecule has 1 fully saturated rings. The van der Waals surface area contributed by atoms with Gasteiger partial charge in [0.25, 0.3) is 0 Å². The van der Waals surface area contributed by atoms with Crippen molar-refractivity contribution in [1.29, 1.82) is 0 Å². The minimum absolute atomic E-state index is 0.665. The summed E-state index contributed by atoms with van der Waals surface area (Å²) in [5.74, 6) is 0. The minimum Gasteiger partial charge on any atom is -0.354 e. The lowest BCUT2D eigenvalue weighted by Crippen LogP contribution is -2.46. The second kappa shape index (κ2) is 8.79. The number of thiazole rings is 1. The molecule has 0 amide bonds. The van der Waals surface area contributed by atoms with Gasteiger partial charge in [-0.2, -0.15) is 0 Å². The Morgan fingerprint density at radius 2 is 2.00 bits per heavy atom. The second-order valence-corrected chi connectivity index (χ2v) is 8.34. The molecular weight excluding hydrogens is 328 g/mol. The number of piperidine rings is 1. The summed E-state index contributed by atoms with van der Waals surface area (Å²) in [6.07, 6.45) is 5.78. The molecule has 2 aromatic rings. The first-order chi connectivity index (χ1) is 12.1. The van der Waals surface area contributed by atoms with Gasteiger partial charge in [-0.25, -0.2) is 4.98 Å². The van der Waals surface area contributed by atoms with Crippen LogP contribution in [-0.2, 0) is 13.0 Å². The number of rotatable bonds is 7. The molecule has 1 atom stereocenters. The van der Waals surface area contributed by atoms with Gasteiger partial charge in [0.05, 0.1) is 0 Å². The van der Waals surface area contributed by atoms with E-state index in [9.17, 15) is 0 Å². The first-order valence-electron chi connectivity index (χ1n) is 9.20. The third-order valence-corrected chi connectivity index (χ3v) is 6.15. The molecule has 4 nitrogen and oxygen atoms in total. The summed E-state index contributed by atoms with van der Waals surface area (Å²) in [6.45, 7) is 4.54. The maximum Gasteiger partial charge on any atom is 0.185 e. The summed E-state index contributed by atoms with van der Waals surface area (Å²) >= 11 is 1.81. The SMILES string of the molecule is CN(C)c1ncc(CN2CCCC(N(C)CCc3ccccc3)C2)s1. The first-order valence-corrected chi connectivity index (χ1v) is 10.0. The van der Waals surface area contributed by atoms with Crippen molar-refractivity contribution in [1.82, 2.24) is 14.8 Å². The lowest BCUT2D eigenvalue weighted by Gasteiger charge is -2.37. The van der Waals surface area contributed by atoms with Gasteiger partial charge in [0.1, 0.15) is 0 Å². The molecule has 0 N–H and O–H groups in total. The molecule has 5 heteroatoms. The second-order valence-electron chi connectivity index (χ2n) is 7.25. The Morgan fingerprint density at radius 3 is 2.72 bits per heavy atom. The van der Waals surface area contributed by atoms with Crippen molar-refractivity contribution >= 4 is 16.5 Å². The van der Waals surface area contributed by atoms with Crippen LogP contribution in [0.25, 0.3) is 0 Å². The van der Waals surface area contributed by atoms with Crippen molar-refractivity contribution in [3.63, 3.8) is 0 Å². The van der Waals surface area contributed by atoms with Gasteiger partial charge in [-0.1, -0.05) is 30.3 Å². The number of likely N-dealkylation sites (N-methyl/N-ethyl adjacent to an activating group) is 1. The zero-order chi connectivity index (χ0) is 17.6. The van der Waals surface area contributed by atoms with Crippen LogP contribution in [0.1, 0.15) is 23.3 Å². The lowest BCUT2D eigenvalue weighted by molar-refractivity contribution is 0.113. The van der Waals surface area contributed by atoms with Crippen molar-refractivity contribution in [2.75, 3.05) is 45.7 Å². The average molecular weight is 359 g/mol. The summed E-state index contributed by atoms with van der Waals surface area (Å²) in [7, 11) is 6.40. The van der Waals surface area contributed by atoms with Crippen LogP contribution in [0.3, 0.4) is 0 Å². The quantitative estimate of drug-likeness (QED) is 0.757. The maximum atomic E-state index is 4.51. The van der Waals surface area contributed by atoms with E-state index in [-0.39, 0.29) is 0 Å². The monoisotopic (exact) mass is 358 g/mol. The molecule has 0 radical (unpaired) electrons.